The molecule has 1 aliphatic carbocycles. The van der Waals surface area contributed by atoms with Gasteiger partial charge in [-0.05, 0) is 44.2 Å². The summed E-state index contributed by atoms with van der Waals surface area (Å²) in [5.74, 6) is -1.44. The summed E-state index contributed by atoms with van der Waals surface area (Å²) in [6.45, 7) is 0.423. The first-order chi connectivity index (χ1) is 10.7. The molecular formula is C17H21FN2O2. The van der Waals surface area contributed by atoms with Crippen LogP contribution in [-0.2, 0) is 4.79 Å². The van der Waals surface area contributed by atoms with Gasteiger partial charge in [0.25, 0.3) is 5.91 Å². The Balaban J connectivity index is 1.68. The van der Waals surface area contributed by atoms with Gasteiger partial charge in [-0.25, -0.2) is 4.39 Å². The molecule has 0 unspecified atom stereocenters. The van der Waals surface area contributed by atoms with Gasteiger partial charge >= 0.3 is 0 Å². The van der Waals surface area contributed by atoms with Crippen molar-refractivity contribution >= 4 is 11.8 Å². The molecule has 0 atom stereocenters. The Morgan fingerprint density at radius 3 is 2.68 bits per heavy atom. The fourth-order valence-corrected chi connectivity index (χ4v) is 2.46. The van der Waals surface area contributed by atoms with Crippen molar-refractivity contribution in [3.63, 3.8) is 0 Å². The number of rotatable bonds is 6. The minimum Gasteiger partial charge on any atom is -0.354 e. The lowest BCUT2D eigenvalue weighted by atomic mass is 9.97. The third-order valence-corrected chi connectivity index (χ3v) is 3.68. The predicted octanol–water partition coefficient (Wildman–Crippen LogP) is 2.56. The molecule has 1 aromatic carbocycles. The summed E-state index contributed by atoms with van der Waals surface area (Å²) in [4.78, 5) is 23.4. The Hall–Kier alpha value is -2.17. The van der Waals surface area contributed by atoms with Gasteiger partial charge in [0.05, 0.1) is 12.1 Å². The van der Waals surface area contributed by atoms with E-state index in [0.29, 0.717) is 6.54 Å². The van der Waals surface area contributed by atoms with E-state index < -0.39 is 11.7 Å². The third-order valence-electron chi connectivity index (χ3n) is 3.68. The Bertz CT molecular complexity index is 570. The van der Waals surface area contributed by atoms with Gasteiger partial charge in [-0.3, -0.25) is 9.59 Å². The minimum absolute atomic E-state index is 0.0531. The van der Waals surface area contributed by atoms with Crippen molar-refractivity contribution in [1.29, 1.82) is 0 Å². The highest BCUT2D eigenvalue weighted by Gasteiger charge is 2.12. The molecule has 4 nitrogen and oxygen atoms in total. The van der Waals surface area contributed by atoms with E-state index in [2.05, 4.69) is 16.7 Å². The number of nitrogens with one attached hydrogen (secondary N) is 2. The summed E-state index contributed by atoms with van der Waals surface area (Å²) < 4.78 is 13.4. The predicted molar refractivity (Wildman–Crippen MR) is 82.9 cm³/mol. The van der Waals surface area contributed by atoms with E-state index in [0.717, 1.165) is 19.3 Å². The van der Waals surface area contributed by atoms with Crippen molar-refractivity contribution in [3.05, 3.63) is 47.3 Å². The molecular weight excluding hydrogens is 283 g/mol. The molecule has 0 spiro atoms. The van der Waals surface area contributed by atoms with E-state index in [1.807, 2.05) is 0 Å². The number of halogens is 1. The highest BCUT2D eigenvalue weighted by atomic mass is 19.1. The zero-order valence-electron chi connectivity index (χ0n) is 12.5. The molecule has 1 aliphatic rings. The van der Waals surface area contributed by atoms with Crippen LogP contribution in [0.1, 0.15) is 42.5 Å². The van der Waals surface area contributed by atoms with Crippen LogP contribution in [0.25, 0.3) is 0 Å². The quantitative estimate of drug-likeness (QED) is 0.794. The molecule has 2 N–H and O–H groups in total. The Morgan fingerprint density at radius 1 is 1.14 bits per heavy atom. The van der Waals surface area contributed by atoms with Crippen molar-refractivity contribution < 1.29 is 14.0 Å². The maximum Gasteiger partial charge on any atom is 0.254 e. The largest absolute Gasteiger partial charge is 0.354 e. The Labute approximate surface area is 129 Å². The molecule has 0 aliphatic heterocycles. The third kappa shape index (κ3) is 4.98. The van der Waals surface area contributed by atoms with Gasteiger partial charge in [-0.2, -0.15) is 0 Å². The highest BCUT2D eigenvalue weighted by molar-refractivity contribution is 5.96. The number of carbonyl (C=O) groups is 2. The summed E-state index contributed by atoms with van der Waals surface area (Å²) >= 11 is 0. The van der Waals surface area contributed by atoms with E-state index >= 15 is 0 Å². The molecule has 118 valence electrons. The standard InChI is InChI=1S/C17H21FN2O2/c18-15-9-5-4-8-14(15)17(22)20-12-16(21)19-11-10-13-6-2-1-3-7-13/h4-6,8-9H,1-3,7,10-12H2,(H,19,21)(H,20,22). The molecule has 0 radical (unpaired) electrons. The molecule has 22 heavy (non-hydrogen) atoms. The van der Waals surface area contributed by atoms with Crippen LogP contribution in [0.4, 0.5) is 4.39 Å². The second-order valence-electron chi connectivity index (χ2n) is 5.37. The lowest BCUT2D eigenvalue weighted by Gasteiger charge is -2.13. The molecule has 0 saturated carbocycles. The van der Waals surface area contributed by atoms with E-state index in [1.165, 1.54) is 36.6 Å². The summed E-state index contributed by atoms with van der Waals surface area (Å²) in [7, 11) is 0. The molecule has 0 heterocycles. The summed E-state index contributed by atoms with van der Waals surface area (Å²) in [6, 6.07) is 5.69. The number of benzene rings is 1. The van der Waals surface area contributed by atoms with Crippen LogP contribution < -0.4 is 10.6 Å². The molecule has 0 aromatic heterocycles. The van der Waals surface area contributed by atoms with E-state index in [-0.39, 0.29) is 18.0 Å². The summed E-state index contributed by atoms with van der Waals surface area (Å²) in [6.07, 6.45) is 7.81. The number of amides is 2. The zero-order chi connectivity index (χ0) is 15.8. The van der Waals surface area contributed by atoms with Crippen molar-refractivity contribution in [2.75, 3.05) is 13.1 Å². The second kappa shape index (κ2) is 8.32. The summed E-state index contributed by atoms with van der Waals surface area (Å²) in [5.41, 5.74) is 1.34. The van der Waals surface area contributed by atoms with Crippen LogP contribution >= 0.6 is 0 Å². The number of hydrogen-bond donors (Lipinski definition) is 2. The molecule has 2 rings (SSSR count). The first-order valence-corrected chi connectivity index (χ1v) is 7.64. The van der Waals surface area contributed by atoms with Gasteiger partial charge in [0.1, 0.15) is 5.82 Å². The van der Waals surface area contributed by atoms with E-state index in [4.69, 9.17) is 0 Å². The number of allylic oxidation sites excluding steroid dienone is 1. The lowest BCUT2D eigenvalue weighted by molar-refractivity contribution is -0.120. The van der Waals surface area contributed by atoms with Crippen LogP contribution in [0.5, 0.6) is 0 Å². The lowest BCUT2D eigenvalue weighted by Crippen LogP contribution is -2.37. The van der Waals surface area contributed by atoms with Crippen LogP contribution in [0, 0.1) is 5.82 Å². The maximum atomic E-state index is 13.4. The van der Waals surface area contributed by atoms with Crippen LogP contribution in [0.2, 0.25) is 0 Å². The highest BCUT2D eigenvalue weighted by Crippen LogP contribution is 2.19. The van der Waals surface area contributed by atoms with Crippen LogP contribution in [-0.4, -0.2) is 24.9 Å². The van der Waals surface area contributed by atoms with Gasteiger partial charge < -0.3 is 10.6 Å². The molecule has 0 fully saturated rings. The SMILES string of the molecule is O=C(CNC(=O)c1ccccc1F)NCCC1=CCCCC1. The average molecular weight is 304 g/mol. The Kier molecular flexibility index (Phi) is 6.13. The Morgan fingerprint density at radius 2 is 1.95 bits per heavy atom. The van der Waals surface area contributed by atoms with Crippen LogP contribution in [0.3, 0.4) is 0 Å². The van der Waals surface area contributed by atoms with E-state index in [9.17, 15) is 14.0 Å². The molecule has 0 saturated heterocycles. The van der Waals surface area contributed by atoms with Gasteiger partial charge in [-0.15, -0.1) is 0 Å². The minimum atomic E-state index is -0.593. The smallest absolute Gasteiger partial charge is 0.254 e. The topological polar surface area (TPSA) is 58.2 Å². The van der Waals surface area contributed by atoms with Crippen molar-refractivity contribution in [3.8, 4) is 0 Å². The zero-order valence-corrected chi connectivity index (χ0v) is 12.5. The van der Waals surface area contributed by atoms with Gasteiger partial charge in [-0.1, -0.05) is 23.8 Å². The van der Waals surface area contributed by atoms with E-state index in [1.54, 1.807) is 6.07 Å². The van der Waals surface area contributed by atoms with Crippen molar-refractivity contribution in [2.45, 2.75) is 32.1 Å². The average Bonchev–Trinajstić information content (AvgIpc) is 2.54. The van der Waals surface area contributed by atoms with Gasteiger partial charge in [0.15, 0.2) is 0 Å². The molecule has 5 heteroatoms. The maximum absolute atomic E-state index is 13.4. The molecule has 1 aromatic rings. The first kappa shape index (κ1) is 16.2. The fraction of sp³-hybridized carbons (Fsp3) is 0.412. The monoisotopic (exact) mass is 304 g/mol. The molecule has 0 bridgehead atoms. The van der Waals surface area contributed by atoms with Crippen molar-refractivity contribution in [2.24, 2.45) is 0 Å². The molecule has 2 amide bonds. The van der Waals surface area contributed by atoms with Crippen LogP contribution in [0.15, 0.2) is 35.9 Å². The van der Waals surface area contributed by atoms with Crippen molar-refractivity contribution in [1.82, 2.24) is 10.6 Å². The van der Waals surface area contributed by atoms with Gasteiger partial charge in [0.2, 0.25) is 5.91 Å². The second-order valence-corrected chi connectivity index (χ2v) is 5.37. The summed E-state index contributed by atoms with van der Waals surface area (Å²) in [5, 5.41) is 5.19. The van der Waals surface area contributed by atoms with Gasteiger partial charge in [0, 0.05) is 6.54 Å². The number of carbonyl (C=O) groups excluding carboxylic acids is 2. The fourth-order valence-electron chi connectivity index (χ4n) is 2.46. The normalized spacial score (nSPS) is 14.1. The number of hydrogen-bond acceptors (Lipinski definition) is 2. The first-order valence-electron chi connectivity index (χ1n) is 7.64.